The van der Waals surface area contributed by atoms with Gasteiger partial charge in [-0.15, -0.1) is 0 Å². The molecule has 206 valence electrons. The van der Waals surface area contributed by atoms with Crippen LogP contribution in [0.2, 0.25) is 5.15 Å². The first kappa shape index (κ1) is 27.7. The monoisotopic (exact) mass is 563 g/mol. The van der Waals surface area contributed by atoms with E-state index in [-0.39, 0.29) is 41.2 Å². The van der Waals surface area contributed by atoms with Crippen LogP contribution < -0.4 is 4.74 Å². The maximum absolute atomic E-state index is 11.9. The van der Waals surface area contributed by atoms with Crippen LogP contribution >= 0.6 is 11.6 Å². The number of hydrogen-bond acceptors (Lipinski definition) is 13. The van der Waals surface area contributed by atoms with E-state index in [1.807, 2.05) is 0 Å². The highest BCUT2D eigenvalue weighted by molar-refractivity contribution is 6.33. The molecule has 1 fully saturated rings. The molecule has 1 saturated heterocycles. The molecular weight excluding hydrogens is 542 g/mol. The van der Waals surface area contributed by atoms with E-state index >= 15 is 0 Å². The molecule has 0 amide bonds. The van der Waals surface area contributed by atoms with Crippen molar-refractivity contribution in [1.82, 2.24) is 19.5 Å². The Kier molecular flexibility index (Phi) is 8.21. The number of nitrogens with zero attached hydrogens (tertiary/aromatic N) is 5. The number of esters is 3. The molecule has 3 heterocycles. The Labute approximate surface area is 225 Å². The third kappa shape index (κ3) is 6.38. The van der Waals surface area contributed by atoms with Gasteiger partial charge in [0.2, 0.25) is 0 Å². The Bertz CT molecular complexity index is 1410. The highest BCUT2D eigenvalue weighted by atomic mass is 35.5. The summed E-state index contributed by atoms with van der Waals surface area (Å²) in [6, 6.07) is 5.59. The van der Waals surface area contributed by atoms with E-state index in [1.165, 1.54) is 55.9 Å². The van der Waals surface area contributed by atoms with E-state index in [0.717, 1.165) is 0 Å². The molecule has 0 N–H and O–H groups in total. The van der Waals surface area contributed by atoms with E-state index < -0.39 is 47.4 Å². The van der Waals surface area contributed by atoms with Gasteiger partial charge in [0.1, 0.15) is 24.8 Å². The van der Waals surface area contributed by atoms with Crippen molar-refractivity contribution in [2.45, 2.75) is 51.9 Å². The van der Waals surface area contributed by atoms with Gasteiger partial charge in [0.15, 0.2) is 29.2 Å². The van der Waals surface area contributed by atoms with Crippen LogP contribution in [0, 0.1) is 10.1 Å². The molecule has 39 heavy (non-hydrogen) atoms. The number of nitro groups is 1. The molecule has 2 aromatic heterocycles. The quantitative estimate of drug-likeness (QED) is 0.121. The van der Waals surface area contributed by atoms with Gasteiger partial charge in [0, 0.05) is 32.9 Å². The average molecular weight is 564 g/mol. The molecule has 0 unspecified atom stereocenters. The zero-order chi connectivity index (χ0) is 28.3. The van der Waals surface area contributed by atoms with Crippen molar-refractivity contribution in [3.8, 4) is 6.01 Å². The number of carbonyl (C=O) groups is 3. The molecule has 16 heteroatoms. The molecule has 1 aliphatic rings. The van der Waals surface area contributed by atoms with Gasteiger partial charge in [-0.25, -0.2) is 4.98 Å². The largest absolute Gasteiger partial charge is 0.463 e. The van der Waals surface area contributed by atoms with Crippen molar-refractivity contribution >= 4 is 46.4 Å². The molecule has 1 aromatic carbocycles. The second-order valence-electron chi connectivity index (χ2n) is 8.35. The molecule has 3 aromatic rings. The van der Waals surface area contributed by atoms with Gasteiger partial charge in [-0.2, -0.15) is 9.97 Å². The smallest absolute Gasteiger partial charge is 0.320 e. The maximum Gasteiger partial charge on any atom is 0.320 e. The van der Waals surface area contributed by atoms with Crippen molar-refractivity contribution in [2.75, 3.05) is 6.61 Å². The molecule has 4 rings (SSSR count). The van der Waals surface area contributed by atoms with Gasteiger partial charge in [0.25, 0.3) is 5.69 Å². The van der Waals surface area contributed by atoms with Crippen molar-refractivity contribution in [3.05, 3.63) is 51.4 Å². The lowest BCUT2D eigenvalue weighted by atomic mass is 10.1. The van der Waals surface area contributed by atoms with Crippen molar-refractivity contribution < 1.29 is 43.0 Å². The van der Waals surface area contributed by atoms with Gasteiger partial charge in [0.05, 0.1) is 11.3 Å². The SMILES string of the molecule is CC(=O)OC[C@H]1O[C@@H](n2cnc3c(Cl)nc(OCc4ccc([N+](=O)[O-])cc4)nc32)[C@H](OC(C)=O)[C@@H]1OC(C)=O. The fraction of sp³-hybridized carbons (Fsp3) is 0.391. The van der Waals surface area contributed by atoms with Gasteiger partial charge in [-0.3, -0.25) is 29.1 Å². The average Bonchev–Trinajstić information content (AvgIpc) is 3.43. The van der Waals surface area contributed by atoms with E-state index in [0.29, 0.717) is 5.56 Å². The van der Waals surface area contributed by atoms with Crippen LogP contribution in [0.5, 0.6) is 6.01 Å². The number of benzene rings is 1. The molecule has 0 bridgehead atoms. The number of ether oxygens (including phenoxy) is 5. The van der Waals surface area contributed by atoms with Crippen LogP contribution in [0.4, 0.5) is 5.69 Å². The van der Waals surface area contributed by atoms with E-state index in [2.05, 4.69) is 15.0 Å². The highest BCUT2D eigenvalue weighted by Crippen LogP contribution is 2.37. The molecule has 15 nitrogen and oxygen atoms in total. The van der Waals surface area contributed by atoms with E-state index in [4.69, 9.17) is 35.3 Å². The number of imidazole rings is 1. The van der Waals surface area contributed by atoms with Gasteiger partial charge >= 0.3 is 23.9 Å². The molecule has 0 radical (unpaired) electrons. The van der Waals surface area contributed by atoms with Crippen molar-refractivity contribution in [2.24, 2.45) is 0 Å². The number of aromatic nitrogens is 4. The Balaban J connectivity index is 1.65. The highest BCUT2D eigenvalue weighted by Gasteiger charge is 2.51. The number of rotatable bonds is 9. The Morgan fingerprint density at radius 2 is 1.72 bits per heavy atom. The Morgan fingerprint density at radius 3 is 2.33 bits per heavy atom. The summed E-state index contributed by atoms with van der Waals surface area (Å²) in [5.41, 5.74) is 0.865. The van der Waals surface area contributed by atoms with Crippen LogP contribution in [0.1, 0.15) is 32.6 Å². The van der Waals surface area contributed by atoms with Crippen LogP contribution in [-0.2, 0) is 39.9 Å². The zero-order valence-electron chi connectivity index (χ0n) is 20.8. The number of carbonyl (C=O) groups excluding carboxylic acids is 3. The summed E-state index contributed by atoms with van der Waals surface area (Å²) in [5, 5.41) is 10.8. The number of fused-ring (bicyclic) bond motifs is 1. The van der Waals surface area contributed by atoms with Crippen LogP contribution in [-0.4, -0.2) is 67.3 Å². The third-order valence-corrected chi connectivity index (χ3v) is 5.75. The second kappa shape index (κ2) is 11.6. The molecule has 0 spiro atoms. The summed E-state index contributed by atoms with van der Waals surface area (Å²) in [4.78, 5) is 58.2. The number of halogens is 1. The minimum atomic E-state index is -1.16. The lowest BCUT2D eigenvalue weighted by Crippen LogP contribution is -2.40. The lowest BCUT2D eigenvalue weighted by molar-refractivity contribution is -0.384. The van der Waals surface area contributed by atoms with Gasteiger partial charge < -0.3 is 23.7 Å². The standard InChI is InChI=1S/C23H22ClN5O10/c1-11(30)35-9-16-18(37-12(2)31)19(38-13(3)32)22(39-16)28-10-25-17-20(24)26-23(27-21(17)28)36-8-14-4-6-15(7-5-14)29(33)34/h4-7,10,16,18-19,22H,8-9H2,1-3H3/t16-,18-,19-,22-/m1/s1. The zero-order valence-corrected chi connectivity index (χ0v) is 21.6. The molecule has 0 saturated carbocycles. The summed E-state index contributed by atoms with van der Waals surface area (Å²) in [5.74, 6) is -1.94. The lowest BCUT2D eigenvalue weighted by Gasteiger charge is -2.23. The summed E-state index contributed by atoms with van der Waals surface area (Å²) in [6.07, 6.45) is -3.06. The molecule has 0 aliphatic carbocycles. The topological polar surface area (TPSA) is 184 Å². The first-order valence-corrected chi connectivity index (χ1v) is 11.8. The number of non-ortho nitro benzene ring substituents is 1. The molecular formula is C23H22ClN5O10. The number of hydrogen-bond donors (Lipinski definition) is 0. The summed E-state index contributed by atoms with van der Waals surface area (Å²) in [7, 11) is 0. The van der Waals surface area contributed by atoms with Crippen molar-refractivity contribution in [3.63, 3.8) is 0 Å². The minimum absolute atomic E-state index is 0.0248. The molecule has 1 aliphatic heterocycles. The van der Waals surface area contributed by atoms with Crippen molar-refractivity contribution in [1.29, 1.82) is 0 Å². The predicted molar refractivity (Wildman–Crippen MR) is 129 cm³/mol. The normalized spacial score (nSPS) is 20.4. The fourth-order valence-electron chi connectivity index (χ4n) is 3.89. The maximum atomic E-state index is 11.9. The number of nitro benzene ring substituents is 1. The van der Waals surface area contributed by atoms with E-state index in [9.17, 15) is 24.5 Å². The van der Waals surface area contributed by atoms with Crippen LogP contribution in [0.25, 0.3) is 11.2 Å². The summed E-state index contributed by atoms with van der Waals surface area (Å²) >= 11 is 6.32. The second-order valence-corrected chi connectivity index (χ2v) is 8.71. The van der Waals surface area contributed by atoms with Crippen LogP contribution in [0.15, 0.2) is 30.6 Å². The van der Waals surface area contributed by atoms with Crippen LogP contribution in [0.3, 0.4) is 0 Å². The molecule has 4 atom stereocenters. The van der Waals surface area contributed by atoms with Gasteiger partial charge in [-0.05, 0) is 17.7 Å². The first-order valence-electron chi connectivity index (χ1n) is 11.4. The van der Waals surface area contributed by atoms with Gasteiger partial charge in [-0.1, -0.05) is 11.6 Å². The summed E-state index contributed by atoms with van der Waals surface area (Å²) in [6.45, 7) is 3.25. The Morgan fingerprint density at radius 1 is 1.05 bits per heavy atom. The third-order valence-electron chi connectivity index (χ3n) is 5.49. The fourth-order valence-corrected chi connectivity index (χ4v) is 4.10. The minimum Gasteiger partial charge on any atom is -0.463 e. The first-order chi connectivity index (χ1) is 18.5. The van der Waals surface area contributed by atoms with E-state index in [1.54, 1.807) is 0 Å². The predicted octanol–water partition coefficient (Wildman–Crippen LogP) is 2.29. The Hall–Kier alpha value is -4.37. The summed E-state index contributed by atoms with van der Waals surface area (Å²) < 4.78 is 29.0.